The highest BCUT2D eigenvalue weighted by atomic mass is 19.4. The normalized spacial score (nSPS) is 19.3. The van der Waals surface area contributed by atoms with Crippen molar-refractivity contribution in [2.24, 2.45) is 0 Å². The van der Waals surface area contributed by atoms with Gasteiger partial charge in [-0.25, -0.2) is 9.37 Å². The van der Waals surface area contributed by atoms with Gasteiger partial charge in [0.15, 0.2) is 0 Å². The third-order valence-electron chi connectivity index (χ3n) is 5.09. The number of amides is 1. The van der Waals surface area contributed by atoms with E-state index < -0.39 is 23.5 Å². The van der Waals surface area contributed by atoms with Gasteiger partial charge in [-0.3, -0.25) is 4.79 Å². The predicted molar refractivity (Wildman–Crippen MR) is 105 cm³/mol. The minimum Gasteiger partial charge on any atom is -0.373 e. The molecule has 3 rings (SSSR count). The first-order chi connectivity index (χ1) is 14.2. The van der Waals surface area contributed by atoms with Crippen LogP contribution < -0.4 is 16.0 Å². The molecule has 0 atom stereocenters. The van der Waals surface area contributed by atoms with Gasteiger partial charge < -0.3 is 16.0 Å². The summed E-state index contributed by atoms with van der Waals surface area (Å²) >= 11 is 0. The van der Waals surface area contributed by atoms with Crippen molar-refractivity contribution in [1.29, 1.82) is 0 Å². The molecule has 0 spiro atoms. The Kier molecular flexibility index (Phi) is 6.42. The molecule has 0 bridgehead atoms. The van der Waals surface area contributed by atoms with Gasteiger partial charge in [0.05, 0.1) is 5.56 Å². The lowest BCUT2D eigenvalue weighted by Crippen LogP contribution is -2.40. The second kappa shape index (κ2) is 8.85. The van der Waals surface area contributed by atoms with Crippen LogP contribution in [0.4, 0.5) is 29.3 Å². The molecule has 0 saturated heterocycles. The van der Waals surface area contributed by atoms with E-state index in [1.54, 1.807) is 13.2 Å². The summed E-state index contributed by atoms with van der Waals surface area (Å²) in [6, 6.07) is 1.78. The van der Waals surface area contributed by atoms with E-state index in [4.69, 9.17) is 0 Å². The van der Waals surface area contributed by atoms with Gasteiger partial charge in [0.1, 0.15) is 11.6 Å². The molecule has 1 aromatic carbocycles. The lowest BCUT2D eigenvalue weighted by molar-refractivity contribution is -0.137. The molecule has 0 unspecified atom stereocenters. The number of nitrogens with one attached hydrogen (secondary N) is 3. The zero-order chi connectivity index (χ0) is 21.9. The molecule has 6 nitrogen and oxygen atoms in total. The molecule has 2 aromatic rings. The molecule has 10 heteroatoms. The molecule has 1 aliphatic rings. The second-order valence-corrected chi connectivity index (χ2v) is 7.37. The number of carbonyl (C=O) groups excluding carboxylic acids is 1. The number of aromatic nitrogens is 2. The number of rotatable bonds is 5. The molecule has 0 radical (unpaired) electrons. The van der Waals surface area contributed by atoms with E-state index in [2.05, 4.69) is 25.9 Å². The van der Waals surface area contributed by atoms with Crippen molar-refractivity contribution in [3.63, 3.8) is 0 Å². The molecule has 1 amide bonds. The number of alkyl halides is 3. The van der Waals surface area contributed by atoms with Crippen LogP contribution >= 0.6 is 0 Å². The van der Waals surface area contributed by atoms with Gasteiger partial charge in [-0.2, -0.15) is 18.2 Å². The maximum absolute atomic E-state index is 13.5. The summed E-state index contributed by atoms with van der Waals surface area (Å²) in [5.41, 5.74) is -0.588. The van der Waals surface area contributed by atoms with E-state index in [0.717, 1.165) is 30.3 Å². The monoisotopic (exact) mass is 425 g/mol. The van der Waals surface area contributed by atoms with Crippen LogP contribution in [0.15, 0.2) is 24.4 Å². The molecule has 1 aromatic heterocycles. The first-order valence-electron chi connectivity index (χ1n) is 9.62. The summed E-state index contributed by atoms with van der Waals surface area (Å²) < 4.78 is 52.1. The van der Waals surface area contributed by atoms with Crippen LogP contribution in [0.5, 0.6) is 0 Å². The maximum Gasteiger partial charge on any atom is 0.416 e. The summed E-state index contributed by atoms with van der Waals surface area (Å²) in [4.78, 5) is 21.0. The Morgan fingerprint density at radius 3 is 2.40 bits per heavy atom. The Balaban J connectivity index is 1.56. The van der Waals surface area contributed by atoms with Gasteiger partial charge in [-0.05, 0) is 50.8 Å². The van der Waals surface area contributed by atoms with Crippen molar-refractivity contribution < 1.29 is 22.4 Å². The van der Waals surface area contributed by atoms with Crippen molar-refractivity contribution >= 4 is 17.7 Å². The summed E-state index contributed by atoms with van der Waals surface area (Å²) in [5.74, 6) is -0.558. The van der Waals surface area contributed by atoms with E-state index in [-0.39, 0.29) is 17.6 Å². The third-order valence-corrected chi connectivity index (χ3v) is 5.09. The van der Waals surface area contributed by atoms with Crippen molar-refractivity contribution in [3.05, 3.63) is 46.9 Å². The third kappa shape index (κ3) is 5.37. The van der Waals surface area contributed by atoms with E-state index >= 15 is 0 Å². The quantitative estimate of drug-likeness (QED) is 0.628. The van der Waals surface area contributed by atoms with Crippen LogP contribution in [0.1, 0.15) is 47.2 Å². The summed E-state index contributed by atoms with van der Waals surface area (Å²) in [5, 5.41) is 8.98. The lowest BCUT2D eigenvalue weighted by atomic mass is 9.91. The average molecular weight is 425 g/mol. The van der Waals surface area contributed by atoms with Gasteiger partial charge >= 0.3 is 6.18 Å². The molecule has 3 N–H and O–H groups in total. The Morgan fingerprint density at radius 2 is 1.77 bits per heavy atom. The molecule has 0 aliphatic heterocycles. The SMILES string of the molecule is CNc1nc(NC2CCC(NC(=O)c3cc(F)cc(C(F)(F)F)c3)CC2)ncc1C. The van der Waals surface area contributed by atoms with Crippen LogP contribution in [-0.4, -0.2) is 35.0 Å². The highest BCUT2D eigenvalue weighted by Gasteiger charge is 2.32. The highest BCUT2D eigenvalue weighted by molar-refractivity contribution is 5.94. The fourth-order valence-electron chi connectivity index (χ4n) is 3.48. The molecule has 162 valence electrons. The second-order valence-electron chi connectivity index (χ2n) is 7.37. The zero-order valence-corrected chi connectivity index (χ0v) is 16.6. The van der Waals surface area contributed by atoms with Crippen LogP contribution in [0, 0.1) is 12.7 Å². The van der Waals surface area contributed by atoms with Crippen LogP contribution in [0.2, 0.25) is 0 Å². The standard InChI is InChI=1S/C20H23F4N5O/c1-11-10-26-19(29-17(11)25-2)28-16-5-3-15(4-6-16)27-18(30)12-7-13(20(22,23)24)9-14(21)8-12/h7-10,15-16H,3-6H2,1-2H3,(H,27,30)(H2,25,26,28,29). The number of carbonyl (C=O) groups is 1. The number of hydrogen-bond acceptors (Lipinski definition) is 5. The smallest absolute Gasteiger partial charge is 0.373 e. The molecule has 1 saturated carbocycles. The van der Waals surface area contributed by atoms with Crippen LogP contribution in [0.3, 0.4) is 0 Å². The number of hydrogen-bond donors (Lipinski definition) is 3. The predicted octanol–water partition coefficient (Wildman–Crippen LogP) is 4.14. The van der Waals surface area contributed by atoms with E-state index in [1.165, 1.54) is 0 Å². The fourth-order valence-corrected chi connectivity index (χ4v) is 3.48. The van der Waals surface area contributed by atoms with Gasteiger partial charge in [0.2, 0.25) is 5.95 Å². The van der Waals surface area contributed by atoms with Crippen molar-refractivity contribution in [1.82, 2.24) is 15.3 Å². The van der Waals surface area contributed by atoms with E-state index in [9.17, 15) is 22.4 Å². The van der Waals surface area contributed by atoms with Crippen molar-refractivity contribution in [2.45, 2.75) is 50.9 Å². The molecule has 1 heterocycles. The fraction of sp³-hybridized carbons (Fsp3) is 0.450. The summed E-state index contributed by atoms with van der Waals surface area (Å²) in [6.07, 6.45) is -0.263. The summed E-state index contributed by atoms with van der Waals surface area (Å²) in [6.45, 7) is 1.90. The highest BCUT2D eigenvalue weighted by Crippen LogP contribution is 2.30. The molecular weight excluding hydrogens is 402 g/mol. The van der Waals surface area contributed by atoms with Crippen LogP contribution in [-0.2, 0) is 6.18 Å². The van der Waals surface area contributed by atoms with Crippen molar-refractivity contribution in [2.75, 3.05) is 17.7 Å². The number of nitrogens with zero attached hydrogens (tertiary/aromatic N) is 2. The Hall–Kier alpha value is -2.91. The number of halogens is 4. The first kappa shape index (κ1) is 21.8. The molecular formula is C20H23F4N5O. The Bertz CT molecular complexity index is 911. The van der Waals surface area contributed by atoms with Gasteiger partial charge in [0.25, 0.3) is 5.91 Å². The first-order valence-corrected chi connectivity index (χ1v) is 9.62. The Morgan fingerprint density at radius 1 is 1.10 bits per heavy atom. The number of aryl methyl sites for hydroxylation is 1. The lowest BCUT2D eigenvalue weighted by Gasteiger charge is -2.29. The topological polar surface area (TPSA) is 78.9 Å². The van der Waals surface area contributed by atoms with Gasteiger partial charge in [-0.15, -0.1) is 0 Å². The zero-order valence-electron chi connectivity index (χ0n) is 16.6. The maximum atomic E-state index is 13.5. The minimum atomic E-state index is -4.72. The Labute approximate surface area is 171 Å². The number of anilines is 2. The largest absolute Gasteiger partial charge is 0.416 e. The number of benzene rings is 1. The van der Waals surface area contributed by atoms with Crippen molar-refractivity contribution in [3.8, 4) is 0 Å². The molecule has 1 aliphatic carbocycles. The van der Waals surface area contributed by atoms with E-state index in [0.29, 0.717) is 30.9 Å². The summed E-state index contributed by atoms with van der Waals surface area (Å²) in [7, 11) is 1.78. The van der Waals surface area contributed by atoms with E-state index in [1.807, 2.05) is 6.92 Å². The molecule has 1 fully saturated rings. The van der Waals surface area contributed by atoms with Gasteiger partial charge in [-0.1, -0.05) is 0 Å². The molecule has 30 heavy (non-hydrogen) atoms. The van der Waals surface area contributed by atoms with Gasteiger partial charge in [0, 0.05) is 36.5 Å². The minimum absolute atomic E-state index is 0.122. The average Bonchev–Trinajstić information content (AvgIpc) is 2.69. The van der Waals surface area contributed by atoms with Crippen LogP contribution in [0.25, 0.3) is 0 Å².